The number of imidazole rings is 1. The van der Waals surface area contributed by atoms with Gasteiger partial charge in [0, 0.05) is 25.1 Å². The van der Waals surface area contributed by atoms with E-state index >= 15 is 0 Å². The van der Waals surface area contributed by atoms with Crippen molar-refractivity contribution in [2.45, 2.75) is 46.1 Å². The Hall–Kier alpha value is -3.16. The normalized spacial score (nSPS) is 11.9. The van der Waals surface area contributed by atoms with Gasteiger partial charge in [0.05, 0.1) is 23.2 Å². The smallest absolute Gasteiger partial charge is 0.154 e. The number of aromatic nitrogens is 3. The van der Waals surface area contributed by atoms with Crippen molar-refractivity contribution in [3.8, 4) is 5.75 Å². The van der Waals surface area contributed by atoms with E-state index in [0.29, 0.717) is 32.2 Å². The number of ether oxygens (including phenoxy) is 2. The molecule has 0 fully saturated rings. The fourth-order valence-corrected chi connectivity index (χ4v) is 3.78. The van der Waals surface area contributed by atoms with Crippen molar-refractivity contribution in [3.05, 3.63) is 59.9 Å². The first kappa shape index (κ1) is 22.0. The van der Waals surface area contributed by atoms with E-state index in [1.165, 1.54) is 0 Å². The van der Waals surface area contributed by atoms with Gasteiger partial charge in [0.25, 0.3) is 0 Å². The van der Waals surface area contributed by atoms with Gasteiger partial charge in [-0.3, -0.25) is 0 Å². The van der Waals surface area contributed by atoms with Crippen LogP contribution in [0.5, 0.6) is 5.75 Å². The number of hydrogen-bond donors (Lipinski definition) is 2. The monoisotopic (exact) mass is 434 g/mol. The largest absolute Gasteiger partial charge is 0.489 e. The van der Waals surface area contributed by atoms with Crippen LogP contribution in [-0.2, 0) is 24.5 Å². The molecule has 0 amide bonds. The molecule has 168 valence electrons. The quantitative estimate of drug-likeness (QED) is 0.403. The summed E-state index contributed by atoms with van der Waals surface area (Å²) < 4.78 is 13.7. The van der Waals surface area contributed by atoms with Gasteiger partial charge in [-0.15, -0.1) is 0 Å². The summed E-state index contributed by atoms with van der Waals surface area (Å²) >= 11 is 0. The number of fused-ring (bicyclic) bond motifs is 3. The van der Waals surface area contributed by atoms with Crippen LogP contribution in [0, 0.1) is 0 Å². The summed E-state index contributed by atoms with van der Waals surface area (Å²) in [6, 6.07) is 16.0. The summed E-state index contributed by atoms with van der Waals surface area (Å²) in [4.78, 5) is 9.62. The molecule has 0 spiro atoms. The van der Waals surface area contributed by atoms with Crippen LogP contribution in [0.1, 0.15) is 32.2 Å². The van der Waals surface area contributed by atoms with Crippen molar-refractivity contribution < 1.29 is 14.6 Å². The van der Waals surface area contributed by atoms with E-state index in [4.69, 9.17) is 19.4 Å². The Morgan fingerprint density at radius 2 is 1.84 bits per heavy atom. The molecule has 0 saturated heterocycles. The summed E-state index contributed by atoms with van der Waals surface area (Å²) in [6.07, 6.45) is 0. The maximum absolute atomic E-state index is 10.6. The molecule has 7 heteroatoms. The molecule has 2 N–H and O–H groups in total. The fourth-order valence-electron chi connectivity index (χ4n) is 3.78. The van der Waals surface area contributed by atoms with Crippen LogP contribution in [0.2, 0.25) is 0 Å². The third kappa shape index (κ3) is 4.69. The Balaban J connectivity index is 1.81. The summed E-state index contributed by atoms with van der Waals surface area (Å²) in [5.41, 5.74) is 2.67. The maximum Gasteiger partial charge on any atom is 0.154 e. The molecule has 4 rings (SSSR count). The van der Waals surface area contributed by atoms with Gasteiger partial charge < -0.3 is 24.5 Å². The molecule has 0 unspecified atom stereocenters. The predicted molar refractivity (Wildman–Crippen MR) is 127 cm³/mol. The highest BCUT2D eigenvalue weighted by atomic mass is 16.5. The van der Waals surface area contributed by atoms with Gasteiger partial charge in [0.15, 0.2) is 5.82 Å². The van der Waals surface area contributed by atoms with E-state index in [0.717, 1.165) is 39.1 Å². The molecule has 7 nitrogen and oxygen atoms in total. The van der Waals surface area contributed by atoms with E-state index in [2.05, 4.69) is 5.32 Å². The van der Waals surface area contributed by atoms with Gasteiger partial charge in [0.1, 0.15) is 30.3 Å². The lowest BCUT2D eigenvalue weighted by molar-refractivity contribution is 0.0582. The number of nitrogens with zero attached hydrogens (tertiary/aromatic N) is 3. The van der Waals surface area contributed by atoms with Crippen LogP contribution in [0.4, 0.5) is 5.82 Å². The number of aliphatic hydroxyl groups is 1. The van der Waals surface area contributed by atoms with Crippen LogP contribution in [-0.4, -0.2) is 38.9 Å². The molecule has 0 saturated carbocycles. The molecule has 4 aromatic rings. The molecule has 2 heterocycles. The highest BCUT2D eigenvalue weighted by molar-refractivity contribution is 6.07. The van der Waals surface area contributed by atoms with Crippen LogP contribution in [0.3, 0.4) is 0 Å². The standard InChI is InChI=1S/C25H30N4O3/c1-5-31-15-21-28-22-23(29(21)16-25(2,3)30)19-12-11-18(13-20(19)27-24(22)26-4)32-14-17-9-7-6-8-10-17/h6-13,30H,5,14-16H2,1-4H3,(H,26,27). The number of anilines is 1. The Morgan fingerprint density at radius 3 is 2.53 bits per heavy atom. The fraction of sp³-hybridized carbons (Fsp3) is 0.360. The van der Waals surface area contributed by atoms with Crippen molar-refractivity contribution in [1.29, 1.82) is 0 Å². The molecule has 0 bridgehead atoms. The molecule has 32 heavy (non-hydrogen) atoms. The minimum absolute atomic E-state index is 0.365. The zero-order valence-electron chi connectivity index (χ0n) is 19.1. The summed E-state index contributed by atoms with van der Waals surface area (Å²) in [6.45, 7) is 7.37. The molecule has 0 aliphatic carbocycles. The van der Waals surface area contributed by atoms with Gasteiger partial charge in [-0.1, -0.05) is 30.3 Å². The SMILES string of the molecule is CCOCc1nc2c(NC)nc3cc(OCc4ccccc4)ccc3c2n1CC(C)(C)O. The van der Waals surface area contributed by atoms with Crippen LogP contribution in [0.25, 0.3) is 21.9 Å². The third-order valence-electron chi connectivity index (χ3n) is 5.19. The average molecular weight is 435 g/mol. The zero-order valence-corrected chi connectivity index (χ0v) is 19.1. The summed E-state index contributed by atoms with van der Waals surface area (Å²) in [7, 11) is 1.83. The van der Waals surface area contributed by atoms with Crippen molar-refractivity contribution in [2.24, 2.45) is 0 Å². The van der Waals surface area contributed by atoms with Gasteiger partial charge in [0.2, 0.25) is 0 Å². The Labute approximate surface area is 188 Å². The van der Waals surface area contributed by atoms with E-state index in [-0.39, 0.29) is 0 Å². The molecule has 0 atom stereocenters. The Kier molecular flexibility index (Phi) is 6.30. The summed E-state index contributed by atoms with van der Waals surface area (Å²) in [5.74, 6) is 2.19. The second-order valence-electron chi connectivity index (χ2n) is 8.42. The zero-order chi connectivity index (χ0) is 22.7. The van der Waals surface area contributed by atoms with Crippen molar-refractivity contribution in [1.82, 2.24) is 14.5 Å². The highest BCUT2D eigenvalue weighted by Gasteiger charge is 2.23. The third-order valence-corrected chi connectivity index (χ3v) is 5.19. The van der Waals surface area contributed by atoms with Gasteiger partial charge in [-0.05, 0) is 38.5 Å². The minimum Gasteiger partial charge on any atom is -0.489 e. The highest BCUT2D eigenvalue weighted by Crippen LogP contribution is 2.33. The lowest BCUT2D eigenvalue weighted by Gasteiger charge is -2.21. The second kappa shape index (κ2) is 9.14. The molecule has 2 aromatic heterocycles. The Bertz CT molecular complexity index is 1210. The van der Waals surface area contributed by atoms with Crippen molar-refractivity contribution in [3.63, 3.8) is 0 Å². The molecular weight excluding hydrogens is 404 g/mol. The molecule has 0 aliphatic rings. The number of nitrogens with one attached hydrogen (secondary N) is 1. The van der Waals surface area contributed by atoms with Crippen molar-refractivity contribution >= 4 is 27.8 Å². The van der Waals surface area contributed by atoms with E-state index in [1.807, 2.05) is 67.1 Å². The maximum atomic E-state index is 10.6. The average Bonchev–Trinajstić information content (AvgIpc) is 3.13. The van der Waals surface area contributed by atoms with Crippen LogP contribution >= 0.6 is 0 Å². The Morgan fingerprint density at radius 1 is 1.06 bits per heavy atom. The molecule has 2 aromatic carbocycles. The van der Waals surface area contributed by atoms with E-state index in [9.17, 15) is 5.11 Å². The number of rotatable bonds is 9. The minimum atomic E-state index is -0.914. The predicted octanol–water partition coefficient (Wildman–Crippen LogP) is 4.51. The lowest BCUT2D eigenvalue weighted by Crippen LogP contribution is -2.27. The van der Waals surface area contributed by atoms with E-state index < -0.39 is 5.60 Å². The first-order chi connectivity index (χ1) is 15.4. The lowest BCUT2D eigenvalue weighted by atomic mass is 10.1. The number of hydrogen-bond acceptors (Lipinski definition) is 6. The first-order valence-electron chi connectivity index (χ1n) is 10.9. The topological polar surface area (TPSA) is 81.4 Å². The van der Waals surface area contributed by atoms with Crippen molar-refractivity contribution in [2.75, 3.05) is 19.0 Å². The number of pyridine rings is 1. The summed E-state index contributed by atoms with van der Waals surface area (Å²) in [5, 5.41) is 14.7. The second-order valence-corrected chi connectivity index (χ2v) is 8.42. The molecule has 0 aliphatic heterocycles. The molecule has 0 radical (unpaired) electrons. The van der Waals surface area contributed by atoms with Gasteiger partial charge in [-0.2, -0.15) is 0 Å². The van der Waals surface area contributed by atoms with Gasteiger partial charge in [-0.25, -0.2) is 9.97 Å². The molecular formula is C25H30N4O3. The number of benzene rings is 2. The van der Waals surface area contributed by atoms with Crippen LogP contribution in [0.15, 0.2) is 48.5 Å². The van der Waals surface area contributed by atoms with Crippen LogP contribution < -0.4 is 10.1 Å². The van der Waals surface area contributed by atoms with E-state index in [1.54, 1.807) is 13.8 Å². The van der Waals surface area contributed by atoms with Gasteiger partial charge >= 0.3 is 0 Å². The first-order valence-corrected chi connectivity index (χ1v) is 10.9.